The van der Waals surface area contributed by atoms with Gasteiger partial charge in [-0.1, -0.05) is 0 Å². The Labute approximate surface area is 74.5 Å². The Balaban J connectivity index is 2.54. The van der Waals surface area contributed by atoms with Crippen molar-refractivity contribution in [2.24, 2.45) is 0 Å². The second kappa shape index (κ2) is 3.42. The first-order valence-electron chi connectivity index (χ1n) is 3.85. The molecule has 0 aliphatic carbocycles. The van der Waals surface area contributed by atoms with E-state index < -0.39 is 18.0 Å². The summed E-state index contributed by atoms with van der Waals surface area (Å²) >= 11 is 0. The van der Waals surface area contributed by atoms with E-state index in [1.165, 1.54) is 4.90 Å². The van der Waals surface area contributed by atoms with Crippen molar-refractivity contribution < 1.29 is 19.5 Å². The van der Waals surface area contributed by atoms with Crippen molar-refractivity contribution in [1.82, 2.24) is 10.2 Å². The summed E-state index contributed by atoms with van der Waals surface area (Å²) in [6.07, 6.45) is -0.148. The molecule has 1 aliphatic heterocycles. The van der Waals surface area contributed by atoms with Crippen LogP contribution in [-0.2, 0) is 9.59 Å². The van der Waals surface area contributed by atoms with Gasteiger partial charge in [-0.3, -0.25) is 14.9 Å². The predicted octanol–water partition coefficient (Wildman–Crippen LogP) is -0.599. The van der Waals surface area contributed by atoms with Gasteiger partial charge in [0.25, 0.3) is 5.91 Å². The van der Waals surface area contributed by atoms with Gasteiger partial charge in [0.1, 0.15) is 6.04 Å². The SMILES string of the molecule is CC1C(=O)NC(=O)N1CCC(=O)O. The number of aliphatic carboxylic acids is 1. The fourth-order valence-electron chi connectivity index (χ4n) is 1.11. The number of carboxylic acids is 1. The number of amides is 3. The van der Waals surface area contributed by atoms with Crippen LogP contribution in [0.4, 0.5) is 4.79 Å². The molecule has 1 rings (SSSR count). The van der Waals surface area contributed by atoms with Gasteiger partial charge >= 0.3 is 12.0 Å². The summed E-state index contributed by atoms with van der Waals surface area (Å²) in [7, 11) is 0. The number of hydrogen-bond acceptors (Lipinski definition) is 3. The first kappa shape index (κ1) is 9.50. The average Bonchev–Trinajstić information content (AvgIpc) is 2.24. The molecule has 0 aromatic heterocycles. The fourth-order valence-corrected chi connectivity index (χ4v) is 1.11. The lowest BCUT2D eigenvalue weighted by Crippen LogP contribution is -2.34. The van der Waals surface area contributed by atoms with Crippen LogP contribution in [-0.4, -0.2) is 40.5 Å². The molecule has 0 radical (unpaired) electrons. The number of carbonyl (C=O) groups is 3. The van der Waals surface area contributed by atoms with E-state index in [2.05, 4.69) is 5.32 Å². The Bertz CT molecular complexity index is 263. The zero-order valence-corrected chi connectivity index (χ0v) is 7.11. The largest absolute Gasteiger partial charge is 0.481 e. The molecule has 0 aromatic rings. The van der Waals surface area contributed by atoms with Crippen molar-refractivity contribution >= 4 is 17.9 Å². The maximum atomic E-state index is 11.0. The van der Waals surface area contributed by atoms with Crippen LogP contribution in [0.25, 0.3) is 0 Å². The molecule has 13 heavy (non-hydrogen) atoms. The van der Waals surface area contributed by atoms with Crippen LogP contribution in [0.3, 0.4) is 0 Å². The lowest BCUT2D eigenvalue weighted by atomic mass is 10.3. The summed E-state index contributed by atoms with van der Waals surface area (Å²) in [4.78, 5) is 33.3. The molecule has 1 unspecified atom stereocenters. The molecule has 1 heterocycles. The maximum Gasteiger partial charge on any atom is 0.324 e. The average molecular weight is 186 g/mol. The van der Waals surface area contributed by atoms with Crippen molar-refractivity contribution in [2.45, 2.75) is 19.4 Å². The number of imide groups is 1. The minimum Gasteiger partial charge on any atom is -0.481 e. The van der Waals surface area contributed by atoms with Crippen molar-refractivity contribution in [3.05, 3.63) is 0 Å². The van der Waals surface area contributed by atoms with Crippen LogP contribution < -0.4 is 5.32 Å². The molecule has 6 nitrogen and oxygen atoms in total. The highest BCUT2D eigenvalue weighted by atomic mass is 16.4. The van der Waals surface area contributed by atoms with E-state index in [0.717, 1.165) is 0 Å². The maximum absolute atomic E-state index is 11.0. The highest BCUT2D eigenvalue weighted by Gasteiger charge is 2.34. The second-order valence-electron chi connectivity index (χ2n) is 2.81. The van der Waals surface area contributed by atoms with Crippen molar-refractivity contribution in [3.8, 4) is 0 Å². The van der Waals surface area contributed by atoms with E-state index >= 15 is 0 Å². The topological polar surface area (TPSA) is 86.7 Å². The molecular formula is C7H10N2O4. The van der Waals surface area contributed by atoms with Gasteiger partial charge in [0, 0.05) is 6.54 Å². The van der Waals surface area contributed by atoms with Gasteiger partial charge in [0.2, 0.25) is 0 Å². The third kappa shape index (κ3) is 1.95. The summed E-state index contributed by atoms with van der Waals surface area (Å²) in [6.45, 7) is 1.62. The molecule has 1 fully saturated rings. The van der Waals surface area contributed by atoms with Gasteiger partial charge in [-0.15, -0.1) is 0 Å². The van der Waals surface area contributed by atoms with Gasteiger partial charge in [-0.25, -0.2) is 4.79 Å². The van der Waals surface area contributed by atoms with Crippen LogP contribution >= 0.6 is 0 Å². The lowest BCUT2D eigenvalue weighted by molar-refractivity contribution is -0.137. The molecule has 1 saturated heterocycles. The Morgan fingerprint density at radius 1 is 1.62 bits per heavy atom. The standard InChI is InChI=1S/C7H10N2O4/c1-4-6(12)8-7(13)9(4)3-2-5(10)11/h4H,2-3H2,1H3,(H,10,11)(H,8,12,13). The Hall–Kier alpha value is -1.59. The molecule has 1 atom stereocenters. The Morgan fingerprint density at radius 2 is 2.23 bits per heavy atom. The fraction of sp³-hybridized carbons (Fsp3) is 0.571. The number of rotatable bonds is 3. The van der Waals surface area contributed by atoms with Crippen molar-refractivity contribution in [2.75, 3.05) is 6.54 Å². The highest BCUT2D eigenvalue weighted by molar-refractivity contribution is 6.03. The Morgan fingerprint density at radius 3 is 2.62 bits per heavy atom. The minimum atomic E-state index is -0.987. The molecule has 3 amide bonds. The third-order valence-corrected chi connectivity index (χ3v) is 1.90. The van der Waals surface area contributed by atoms with Gasteiger partial charge < -0.3 is 10.0 Å². The van der Waals surface area contributed by atoms with Crippen molar-refractivity contribution in [1.29, 1.82) is 0 Å². The van der Waals surface area contributed by atoms with E-state index in [1.807, 2.05) is 0 Å². The first-order chi connectivity index (χ1) is 6.02. The summed E-state index contributed by atoms with van der Waals surface area (Å²) in [5, 5.41) is 10.5. The number of hydrogen-bond donors (Lipinski definition) is 2. The summed E-state index contributed by atoms with van der Waals surface area (Å²) in [6, 6.07) is -1.08. The number of urea groups is 1. The van der Waals surface area contributed by atoms with E-state index in [0.29, 0.717) is 0 Å². The summed E-state index contributed by atoms with van der Waals surface area (Å²) in [5.41, 5.74) is 0. The van der Waals surface area contributed by atoms with Gasteiger partial charge in [-0.2, -0.15) is 0 Å². The van der Waals surface area contributed by atoms with Crippen LogP contribution in [0.15, 0.2) is 0 Å². The smallest absolute Gasteiger partial charge is 0.324 e. The van der Waals surface area contributed by atoms with Crippen molar-refractivity contribution in [3.63, 3.8) is 0 Å². The number of carbonyl (C=O) groups excluding carboxylic acids is 2. The lowest BCUT2D eigenvalue weighted by Gasteiger charge is -2.16. The molecule has 6 heteroatoms. The Kier molecular flexibility index (Phi) is 2.50. The van der Waals surface area contributed by atoms with Crippen LogP contribution in [0.1, 0.15) is 13.3 Å². The molecule has 0 spiro atoms. The summed E-state index contributed by atoms with van der Waals surface area (Å²) in [5.74, 6) is -1.37. The molecule has 0 bridgehead atoms. The molecule has 72 valence electrons. The second-order valence-corrected chi connectivity index (χ2v) is 2.81. The van der Waals surface area contributed by atoms with E-state index in [-0.39, 0.29) is 18.9 Å². The van der Waals surface area contributed by atoms with Crippen LogP contribution in [0.2, 0.25) is 0 Å². The number of nitrogens with one attached hydrogen (secondary N) is 1. The zero-order chi connectivity index (χ0) is 10.0. The van der Waals surface area contributed by atoms with Crippen LogP contribution in [0.5, 0.6) is 0 Å². The first-order valence-corrected chi connectivity index (χ1v) is 3.85. The van der Waals surface area contributed by atoms with Gasteiger partial charge in [-0.05, 0) is 6.92 Å². The summed E-state index contributed by atoms with van der Waals surface area (Å²) < 4.78 is 0. The zero-order valence-electron chi connectivity index (χ0n) is 7.11. The normalized spacial score (nSPS) is 21.9. The predicted molar refractivity (Wildman–Crippen MR) is 42.0 cm³/mol. The number of carboxylic acid groups (broad SMARTS) is 1. The molecule has 0 saturated carbocycles. The quantitative estimate of drug-likeness (QED) is 0.576. The number of nitrogens with zero attached hydrogens (tertiary/aromatic N) is 1. The van der Waals surface area contributed by atoms with Gasteiger partial charge in [0.15, 0.2) is 0 Å². The monoisotopic (exact) mass is 186 g/mol. The van der Waals surface area contributed by atoms with Crippen LogP contribution in [0, 0.1) is 0 Å². The van der Waals surface area contributed by atoms with E-state index in [9.17, 15) is 14.4 Å². The third-order valence-electron chi connectivity index (χ3n) is 1.90. The van der Waals surface area contributed by atoms with E-state index in [1.54, 1.807) is 6.92 Å². The molecule has 1 aliphatic rings. The van der Waals surface area contributed by atoms with E-state index in [4.69, 9.17) is 5.11 Å². The molecular weight excluding hydrogens is 176 g/mol. The molecule has 2 N–H and O–H groups in total. The molecule has 0 aromatic carbocycles. The highest BCUT2D eigenvalue weighted by Crippen LogP contribution is 2.07. The van der Waals surface area contributed by atoms with Gasteiger partial charge in [0.05, 0.1) is 6.42 Å². The minimum absolute atomic E-state index is 0.0636.